The fraction of sp³-hybridized carbons (Fsp3) is 0.267. The smallest absolute Gasteiger partial charge is 0.320 e. The van der Waals surface area contributed by atoms with Crippen LogP contribution in [-0.2, 0) is 12.7 Å². The minimum atomic E-state index is -4.89. The Morgan fingerprint density at radius 2 is 1.89 bits per heavy atom. The van der Waals surface area contributed by atoms with Crippen LogP contribution in [0.2, 0.25) is 0 Å². The molecule has 2 aromatic heterocycles. The van der Waals surface area contributed by atoms with E-state index in [9.17, 15) is 40.3 Å². The van der Waals surface area contributed by atoms with Crippen LogP contribution in [0.4, 0.5) is 36.4 Å². The second kappa shape index (κ2) is 8.01. The van der Waals surface area contributed by atoms with E-state index in [1.165, 1.54) is 6.07 Å². The van der Waals surface area contributed by atoms with Crippen molar-refractivity contribution in [3.05, 3.63) is 49.6 Å². The fourth-order valence-corrected chi connectivity index (χ4v) is 3.03. The molecule has 5 nitrogen and oxygen atoms in total. The molecule has 0 aliphatic heterocycles. The van der Waals surface area contributed by atoms with Gasteiger partial charge < -0.3 is 9.88 Å². The number of anilines is 1. The molecule has 0 saturated carbocycles. The molecule has 0 unspecified atom stereocenters. The standard InChI is InChI=1S/C15H8F7N3O2S/c16-10(17)5-25-4-7(2-8(12(18)19)14(25)27)24-13(26)9-1-6(3-23)11(28-9)15(20,21)22/h1-2,4,10,12H,5H2,(H,24,26). The molecule has 0 aromatic carbocycles. The Labute approximate surface area is 155 Å². The lowest BCUT2D eigenvalue weighted by Gasteiger charge is -2.12. The number of carbonyl (C=O) groups excluding carboxylic acids is 1. The maximum Gasteiger partial charge on any atom is 0.426 e. The van der Waals surface area contributed by atoms with Gasteiger partial charge in [-0.25, -0.2) is 17.6 Å². The summed E-state index contributed by atoms with van der Waals surface area (Å²) in [6.45, 7) is -1.22. The number of amides is 1. The maximum atomic E-state index is 12.9. The summed E-state index contributed by atoms with van der Waals surface area (Å²) in [5, 5.41) is 10.7. The lowest BCUT2D eigenvalue weighted by atomic mass is 10.2. The Morgan fingerprint density at radius 3 is 2.36 bits per heavy atom. The van der Waals surface area contributed by atoms with Gasteiger partial charge in [0.1, 0.15) is 10.9 Å². The Hall–Kier alpha value is -2.88. The SMILES string of the molecule is N#Cc1cc(C(=O)Nc2cc(C(F)F)c(=O)n(CC(F)F)c2)sc1C(F)(F)F. The molecule has 1 amide bonds. The zero-order valence-electron chi connectivity index (χ0n) is 13.4. The summed E-state index contributed by atoms with van der Waals surface area (Å²) in [6, 6.07) is 2.48. The van der Waals surface area contributed by atoms with Crippen molar-refractivity contribution < 1.29 is 35.5 Å². The predicted octanol–water partition coefficient (Wildman–Crippen LogP) is 4.26. The van der Waals surface area contributed by atoms with Crippen molar-refractivity contribution in [2.75, 3.05) is 5.32 Å². The van der Waals surface area contributed by atoms with Gasteiger partial charge >= 0.3 is 6.18 Å². The summed E-state index contributed by atoms with van der Waals surface area (Å²) in [4.78, 5) is 22.0. The first-order chi connectivity index (χ1) is 12.9. The highest BCUT2D eigenvalue weighted by Crippen LogP contribution is 2.38. The van der Waals surface area contributed by atoms with Gasteiger partial charge in [-0.2, -0.15) is 18.4 Å². The molecule has 1 N–H and O–H groups in total. The topological polar surface area (TPSA) is 74.9 Å². The highest BCUT2D eigenvalue weighted by molar-refractivity contribution is 7.14. The van der Waals surface area contributed by atoms with Gasteiger partial charge in [0.15, 0.2) is 0 Å². The lowest BCUT2D eigenvalue weighted by Crippen LogP contribution is -2.27. The Bertz CT molecular complexity index is 989. The number of alkyl halides is 7. The highest BCUT2D eigenvalue weighted by atomic mass is 32.1. The first kappa shape index (κ1) is 21.4. The number of carbonyl (C=O) groups is 1. The number of rotatable bonds is 5. The molecule has 2 aromatic rings. The van der Waals surface area contributed by atoms with Crippen LogP contribution < -0.4 is 10.9 Å². The molecular weight excluding hydrogens is 419 g/mol. The molecule has 0 atom stereocenters. The summed E-state index contributed by atoms with van der Waals surface area (Å²) in [6.07, 6.45) is -10.6. The number of hydrogen-bond donors (Lipinski definition) is 1. The number of nitriles is 1. The molecule has 0 radical (unpaired) electrons. The van der Waals surface area contributed by atoms with Gasteiger partial charge in [0.25, 0.3) is 24.3 Å². The number of pyridine rings is 1. The van der Waals surface area contributed by atoms with Crippen molar-refractivity contribution in [2.45, 2.75) is 25.6 Å². The normalized spacial score (nSPS) is 11.7. The third kappa shape index (κ3) is 4.69. The van der Waals surface area contributed by atoms with Crippen LogP contribution in [0, 0.1) is 11.3 Å². The van der Waals surface area contributed by atoms with Crippen LogP contribution in [0.3, 0.4) is 0 Å². The molecule has 0 aliphatic carbocycles. The lowest BCUT2D eigenvalue weighted by molar-refractivity contribution is -0.134. The number of nitrogens with one attached hydrogen (secondary N) is 1. The number of nitrogens with zero attached hydrogens (tertiary/aromatic N) is 2. The van der Waals surface area contributed by atoms with Crippen molar-refractivity contribution in [1.29, 1.82) is 5.26 Å². The Balaban J connectivity index is 2.41. The van der Waals surface area contributed by atoms with E-state index in [1.807, 2.05) is 5.32 Å². The molecular formula is C15H8F7N3O2S. The molecule has 0 aliphatic rings. The monoisotopic (exact) mass is 427 g/mol. The van der Waals surface area contributed by atoms with Crippen molar-refractivity contribution in [3.8, 4) is 6.07 Å². The third-order valence-electron chi connectivity index (χ3n) is 3.28. The molecule has 150 valence electrons. The zero-order chi connectivity index (χ0) is 21.2. The number of thiophene rings is 1. The number of aromatic nitrogens is 1. The molecule has 0 bridgehead atoms. The van der Waals surface area contributed by atoms with E-state index in [1.54, 1.807) is 0 Å². The molecule has 2 rings (SSSR count). The Kier molecular flexibility index (Phi) is 6.13. The second-order valence-corrected chi connectivity index (χ2v) is 6.30. The van der Waals surface area contributed by atoms with Crippen molar-refractivity contribution in [3.63, 3.8) is 0 Å². The van der Waals surface area contributed by atoms with Crippen LogP contribution in [0.25, 0.3) is 0 Å². The summed E-state index contributed by atoms with van der Waals surface area (Å²) in [5.41, 5.74) is -3.87. The van der Waals surface area contributed by atoms with Crippen LogP contribution >= 0.6 is 11.3 Å². The van der Waals surface area contributed by atoms with Crippen LogP contribution in [0.5, 0.6) is 0 Å². The van der Waals surface area contributed by atoms with E-state index in [0.717, 1.165) is 0 Å². The van der Waals surface area contributed by atoms with E-state index in [-0.39, 0.29) is 15.9 Å². The van der Waals surface area contributed by atoms with Crippen LogP contribution in [0.15, 0.2) is 23.1 Å². The van der Waals surface area contributed by atoms with Crippen molar-refractivity contribution in [1.82, 2.24) is 4.57 Å². The van der Waals surface area contributed by atoms with Crippen LogP contribution in [0.1, 0.15) is 32.1 Å². The minimum absolute atomic E-state index is 0.0493. The summed E-state index contributed by atoms with van der Waals surface area (Å²) >= 11 is -0.0493. The van der Waals surface area contributed by atoms with Gasteiger partial charge in [0, 0.05) is 6.20 Å². The molecule has 2 heterocycles. The summed E-state index contributed by atoms with van der Waals surface area (Å²) in [7, 11) is 0. The van der Waals surface area contributed by atoms with E-state index in [0.29, 0.717) is 18.3 Å². The highest BCUT2D eigenvalue weighted by Gasteiger charge is 2.37. The van der Waals surface area contributed by atoms with Gasteiger partial charge in [-0.1, -0.05) is 0 Å². The molecule has 0 saturated heterocycles. The third-order valence-corrected chi connectivity index (χ3v) is 4.45. The maximum absolute atomic E-state index is 12.9. The largest absolute Gasteiger partial charge is 0.426 e. The van der Waals surface area contributed by atoms with Gasteiger partial charge in [-0.3, -0.25) is 9.59 Å². The first-order valence-electron chi connectivity index (χ1n) is 7.17. The number of hydrogen-bond acceptors (Lipinski definition) is 4. The quantitative estimate of drug-likeness (QED) is 0.725. The van der Waals surface area contributed by atoms with E-state index >= 15 is 0 Å². The minimum Gasteiger partial charge on any atom is -0.320 e. The first-order valence-corrected chi connectivity index (χ1v) is 7.98. The average molecular weight is 427 g/mol. The van der Waals surface area contributed by atoms with Crippen molar-refractivity contribution >= 4 is 22.9 Å². The summed E-state index contributed by atoms with van der Waals surface area (Å²) in [5.74, 6) is -1.19. The average Bonchev–Trinajstić information content (AvgIpc) is 3.01. The summed E-state index contributed by atoms with van der Waals surface area (Å²) < 4.78 is 89.7. The van der Waals surface area contributed by atoms with Crippen molar-refractivity contribution in [2.24, 2.45) is 0 Å². The molecule has 0 fully saturated rings. The van der Waals surface area contributed by atoms with Crippen LogP contribution in [-0.4, -0.2) is 16.9 Å². The predicted molar refractivity (Wildman–Crippen MR) is 83.7 cm³/mol. The zero-order valence-corrected chi connectivity index (χ0v) is 14.2. The van der Waals surface area contributed by atoms with E-state index < -0.39 is 63.6 Å². The molecule has 13 heteroatoms. The van der Waals surface area contributed by atoms with E-state index in [4.69, 9.17) is 5.26 Å². The van der Waals surface area contributed by atoms with Gasteiger partial charge in [0.05, 0.1) is 28.2 Å². The fourth-order valence-electron chi connectivity index (χ4n) is 2.16. The van der Waals surface area contributed by atoms with Gasteiger partial charge in [0.2, 0.25) is 0 Å². The molecule has 0 spiro atoms. The van der Waals surface area contributed by atoms with Gasteiger partial charge in [-0.05, 0) is 12.1 Å². The second-order valence-electron chi connectivity index (χ2n) is 5.25. The molecule has 28 heavy (non-hydrogen) atoms. The van der Waals surface area contributed by atoms with E-state index in [2.05, 4.69) is 0 Å². The number of halogens is 7. The van der Waals surface area contributed by atoms with Gasteiger partial charge in [-0.15, -0.1) is 11.3 Å². The Morgan fingerprint density at radius 1 is 1.25 bits per heavy atom.